The average Bonchev–Trinajstić information content (AvgIpc) is 2.52. The second-order valence-corrected chi connectivity index (χ2v) is 4.93. The van der Waals surface area contributed by atoms with E-state index in [-0.39, 0.29) is 12.5 Å². The summed E-state index contributed by atoms with van der Waals surface area (Å²) in [6, 6.07) is 11.6. The zero-order valence-corrected chi connectivity index (χ0v) is 12.0. The highest BCUT2D eigenvalue weighted by molar-refractivity contribution is 5.90. The molecule has 0 aliphatic heterocycles. The summed E-state index contributed by atoms with van der Waals surface area (Å²) in [6.07, 6.45) is 6.18. The van der Waals surface area contributed by atoms with E-state index >= 15 is 0 Å². The fourth-order valence-corrected chi connectivity index (χ4v) is 2.12. The van der Waals surface area contributed by atoms with Crippen molar-refractivity contribution in [3.8, 4) is 0 Å². The summed E-state index contributed by atoms with van der Waals surface area (Å²) in [6.45, 7) is 0.183. The van der Waals surface area contributed by atoms with Crippen LogP contribution in [0.3, 0.4) is 0 Å². The number of anilines is 1. The van der Waals surface area contributed by atoms with Gasteiger partial charge in [0.15, 0.2) is 0 Å². The molecule has 2 N–H and O–H groups in total. The highest BCUT2D eigenvalue weighted by Crippen LogP contribution is 2.13. The Hall–Kier alpha value is -2.20. The minimum atomic E-state index is 0.00567. The van der Waals surface area contributed by atoms with Crippen molar-refractivity contribution >= 4 is 11.6 Å². The number of hydrogen-bond donors (Lipinski definition) is 2. The number of nitrogens with zero attached hydrogens (tertiary/aromatic N) is 1. The lowest BCUT2D eigenvalue weighted by Crippen LogP contribution is -2.12. The fraction of sp³-hybridized carbons (Fsp3) is 0.294. The summed E-state index contributed by atoms with van der Waals surface area (Å²) in [4.78, 5) is 15.9. The van der Waals surface area contributed by atoms with E-state index in [1.165, 1.54) is 0 Å². The van der Waals surface area contributed by atoms with Crippen LogP contribution in [0.15, 0.2) is 48.8 Å². The van der Waals surface area contributed by atoms with Crippen molar-refractivity contribution in [2.24, 2.45) is 0 Å². The molecule has 1 amide bonds. The van der Waals surface area contributed by atoms with Crippen LogP contribution >= 0.6 is 0 Å². The molecule has 1 aromatic carbocycles. The van der Waals surface area contributed by atoms with Crippen LogP contribution in [0.1, 0.15) is 24.0 Å². The van der Waals surface area contributed by atoms with Gasteiger partial charge in [-0.2, -0.15) is 0 Å². The minimum absolute atomic E-state index is 0.00567. The number of aliphatic hydroxyl groups excluding tert-OH is 1. The van der Waals surface area contributed by atoms with E-state index in [9.17, 15) is 4.79 Å². The number of rotatable bonds is 7. The van der Waals surface area contributed by atoms with Crippen LogP contribution in [-0.4, -0.2) is 22.6 Å². The number of aryl methyl sites for hydroxylation is 2. The Balaban J connectivity index is 1.84. The molecule has 0 aliphatic carbocycles. The van der Waals surface area contributed by atoms with Crippen molar-refractivity contribution in [2.45, 2.75) is 25.7 Å². The molecule has 0 aliphatic rings. The summed E-state index contributed by atoms with van der Waals surface area (Å²) in [5, 5.41) is 11.8. The third-order valence-corrected chi connectivity index (χ3v) is 3.22. The van der Waals surface area contributed by atoms with Gasteiger partial charge >= 0.3 is 0 Å². The smallest absolute Gasteiger partial charge is 0.224 e. The third-order valence-electron chi connectivity index (χ3n) is 3.22. The van der Waals surface area contributed by atoms with Gasteiger partial charge in [-0.05, 0) is 54.7 Å². The lowest BCUT2D eigenvalue weighted by Gasteiger charge is -2.07. The van der Waals surface area contributed by atoms with Crippen LogP contribution in [0, 0.1) is 0 Å². The summed E-state index contributed by atoms with van der Waals surface area (Å²) in [7, 11) is 0. The quantitative estimate of drug-likeness (QED) is 0.821. The zero-order chi connectivity index (χ0) is 14.9. The molecule has 0 fully saturated rings. The Morgan fingerprint density at radius 3 is 2.67 bits per heavy atom. The monoisotopic (exact) mass is 284 g/mol. The zero-order valence-electron chi connectivity index (χ0n) is 12.0. The van der Waals surface area contributed by atoms with Gasteiger partial charge in [0.25, 0.3) is 0 Å². The van der Waals surface area contributed by atoms with Crippen LogP contribution in [0.5, 0.6) is 0 Å². The van der Waals surface area contributed by atoms with E-state index < -0.39 is 0 Å². The molecule has 21 heavy (non-hydrogen) atoms. The van der Waals surface area contributed by atoms with Crippen LogP contribution < -0.4 is 5.32 Å². The van der Waals surface area contributed by atoms with Gasteiger partial charge in [0.05, 0.1) is 0 Å². The van der Waals surface area contributed by atoms with Gasteiger partial charge in [-0.15, -0.1) is 0 Å². The molecule has 0 unspecified atom stereocenters. The summed E-state index contributed by atoms with van der Waals surface area (Å²) >= 11 is 0. The minimum Gasteiger partial charge on any atom is -0.396 e. The van der Waals surface area contributed by atoms with E-state index in [1.807, 2.05) is 36.4 Å². The van der Waals surface area contributed by atoms with Crippen molar-refractivity contribution in [3.05, 3.63) is 59.9 Å². The Labute approximate surface area is 124 Å². The van der Waals surface area contributed by atoms with Gasteiger partial charge in [-0.25, -0.2) is 0 Å². The summed E-state index contributed by atoms with van der Waals surface area (Å²) < 4.78 is 0. The molecule has 2 aromatic rings. The number of carbonyl (C=O) groups is 1. The maximum Gasteiger partial charge on any atom is 0.224 e. The number of hydrogen-bond acceptors (Lipinski definition) is 3. The molecular formula is C17H20N2O2. The number of aliphatic hydroxyl groups is 1. The topological polar surface area (TPSA) is 62.2 Å². The van der Waals surface area contributed by atoms with Gasteiger partial charge < -0.3 is 10.4 Å². The first kappa shape index (κ1) is 15.2. The molecule has 0 spiro atoms. The molecule has 1 aromatic heterocycles. The Bertz CT molecular complexity index is 570. The maximum atomic E-state index is 11.9. The molecule has 1 heterocycles. The van der Waals surface area contributed by atoms with Crippen molar-refractivity contribution in [1.29, 1.82) is 0 Å². The molecule has 0 radical (unpaired) electrons. The number of aromatic nitrogens is 1. The Morgan fingerprint density at radius 1 is 1.10 bits per heavy atom. The predicted molar refractivity (Wildman–Crippen MR) is 83.0 cm³/mol. The maximum absolute atomic E-state index is 11.9. The van der Waals surface area contributed by atoms with Crippen LogP contribution in [0.2, 0.25) is 0 Å². The summed E-state index contributed by atoms with van der Waals surface area (Å²) in [5.41, 5.74) is 3.04. The third kappa shape index (κ3) is 5.36. The van der Waals surface area contributed by atoms with Crippen molar-refractivity contribution in [3.63, 3.8) is 0 Å². The molecule has 0 saturated heterocycles. The molecular weight excluding hydrogens is 264 g/mol. The molecule has 0 saturated carbocycles. The number of pyridine rings is 1. The predicted octanol–water partition coefficient (Wildman–Crippen LogP) is 2.58. The Kier molecular flexibility index (Phi) is 5.91. The average molecular weight is 284 g/mol. The standard InChI is InChI=1S/C17H20N2O2/c20-12-2-4-15-3-1-5-16(13-15)19-17(21)7-6-14-8-10-18-11-9-14/h1,3,5,8-11,13,20H,2,4,6-7,12H2,(H,19,21). The first-order valence-corrected chi connectivity index (χ1v) is 7.16. The first-order chi connectivity index (χ1) is 10.3. The van der Waals surface area contributed by atoms with E-state index in [1.54, 1.807) is 12.4 Å². The molecule has 0 atom stereocenters. The van der Waals surface area contributed by atoms with Crippen LogP contribution in [0.4, 0.5) is 5.69 Å². The molecule has 0 bridgehead atoms. The first-order valence-electron chi connectivity index (χ1n) is 7.16. The van der Waals surface area contributed by atoms with Gasteiger partial charge in [0.1, 0.15) is 0 Å². The van der Waals surface area contributed by atoms with Crippen LogP contribution in [0.25, 0.3) is 0 Å². The highest BCUT2D eigenvalue weighted by atomic mass is 16.2. The fourth-order valence-electron chi connectivity index (χ4n) is 2.12. The normalized spacial score (nSPS) is 10.3. The number of benzene rings is 1. The van der Waals surface area contributed by atoms with Crippen molar-refractivity contribution in [1.82, 2.24) is 4.98 Å². The van der Waals surface area contributed by atoms with Gasteiger partial charge in [-0.1, -0.05) is 12.1 Å². The number of nitrogens with one attached hydrogen (secondary N) is 1. The molecule has 110 valence electrons. The summed E-state index contributed by atoms with van der Waals surface area (Å²) in [5.74, 6) is 0.00567. The van der Waals surface area contributed by atoms with E-state index in [4.69, 9.17) is 5.11 Å². The van der Waals surface area contributed by atoms with Gasteiger partial charge in [-0.3, -0.25) is 9.78 Å². The van der Waals surface area contributed by atoms with Crippen molar-refractivity contribution in [2.75, 3.05) is 11.9 Å². The SMILES string of the molecule is O=C(CCc1ccncc1)Nc1cccc(CCCO)c1. The van der Waals surface area contributed by atoms with Gasteiger partial charge in [0.2, 0.25) is 5.91 Å². The second kappa shape index (κ2) is 8.17. The number of amides is 1. The lowest BCUT2D eigenvalue weighted by atomic mass is 10.1. The Morgan fingerprint density at radius 2 is 1.90 bits per heavy atom. The lowest BCUT2D eigenvalue weighted by molar-refractivity contribution is -0.116. The van der Waals surface area contributed by atoms with E-state index in [0.717, 1.165) is 29.7 Å². The second-order valence-electron chi connectivity index (χ2n) is 4.93. The van der Waals surface area contributed by atoms with Gasteiger partial charge in [0, 0.05) is 31.1 Å². The molecule has 4 heteroatoms. The van der Waals surface area contributed by atoms with E-state index in [0.29, 0.717) is 12.8 Å². The van der Waals surface area contributed by atoms with Crippen LogP contribution in [-0.2, 0) is 17.6 Å². The largest absolute Gasteiger partial charge is 0.396 e. The highest BCUT2D eigenvalue weighted by Gasteiger charge is 2.04. The van der Waals surface area contributed by atoms with E-state index in [2.05, 4.69) is 10.3 Å². The molecule has 2 rings (SSSR count). The van der Waals surface area contributed by atoms with Crippen molar-refractivity contribution < 1.29 is 9.90 Å². The number of carbonyl (C=O) groups excluding carboxylic acids is 1. The molecule has 4 nitrogen and oxygen atoms in total.